The van der Waals surface area contributed by atoms with Crippen LogP contribution in [0.4, 0.5) is 5.82 Å². The first-order chi connectivity index (χ1) is 20.7. The SMILES string of the molecule is COc1cccc(-c2nc3cc(C(=O)NCCc4cccnc4)ccc3nc2N2CCC(CN3CCOCC3)CC2)c1. The highest BCUT2D eigenvalue weighted by Crippen LogP contribution is 2.34. The topological polar surface area (TPSA) is 92.7 Å². The third kappa shape index (κ3) is 6.69. The number of methoxy groups -OCH3 is 1. The maximum absolute atomic E-state index is 13.0. The maximum Gasteiger partial charge on any atom is 0.251 e. The molecule has 2 aliphatic rings. The normalized spacial score (nSPS) is 16.5. The lowest BCUT2D eigenvalue weighted by molar-refractivity contribution is 0.0289. The number of rotatable bonds is 9. The Morgan fingerprint density at radius 1 is 1.00 bits per heavy atom. The van der Waals surface area contributed by atoms with E-state index in [9.17, 15) is 4.79 Å². The van der Waals surface area contributed by atoms with Crippen LogP contribution in [0.25, 0.3) is 22.3 Å². The minimum absolute atomic E-state index is 0.128. The van der Waals surface area contributed by atoms with Gasteiger partial charge in [-0.25, -0.2) is 9.97 Å². The molecule has 0 saturated carbocycles. The number of pyridine rings is 1. The molecule has 0 aliphatic carbocycles. The van der Waals surface area contributed by atoms with Crippen LogP contribution in [-0.2, 0) is 11.2 Å². The van der Waals surface area contributed by atoms with Crippen LogP contribution in [-0.4, -0.2) is 85.4 Å². The summed E-state index contributed by atoms with van der Waals surface area (Å²) >= 11 is 0. The summed E-state index contributed by atoms with van der Waals surface area (Å²) in [5, 5.41) is 3.02. The summed E-state index contributed by atoms with van der Waals surface area (Å²) in [6.45, 7) is 7.27. The summed E-state index contributed by atoms with van der Waals surface area (Å²) in [5.74, 6) is 2.20. The minimum atomic E-state index is -0.128. The molecule has 1 N–H and O–H groups in total. The Morgan fingerprint density at radius 2 is 1.86 bits per heavy atom. The molecule has 0 spiro atoms. The van der Waals surface area contributed by atoms with E-state index < -0.39 is 0 Å². The first kappa shape index (κ1) is 28.1. The first-order valence-electron chi connectivity index (χ1n) is 14.8. The van der Waals surface area contributed by atoms with E-state index in [1.165, 1.54) is 0 Å². The monoisotopic (exact) mass is 566 g/mol. The van der Waals surface area contributed by atoms with E-state index in [0.29, 0.717) is 23.5 Å². The van der Waals surface area contributed by atoms with Crippen LogP contribution in [0.1, 0.15) is 28.8 Å². The highest BCUT2D eigenvalue weighted by molar-refractivity contribution is 5.98. The number of hydrogen-bond donors (Lipinski definition) is 1. The Balaban J connectivity index is 1.23. The van der Waals surface area contributed by atoms with Gasteiger partial charge in [0.1, 0.15) is 11.4 Å². The second-order valence-electron chi connectivity index (χ2n) is 11.0. The van der Waals surface area contributed by atoms with E-state index in [0.717, 1.165) is 99.1 Å². The van der Waals surface area contributed by atoms with E-state index in [2.05, 4.69) is 20.1 Å². The fraction of sp³-hybridized carbons (Fsp3) is 0.394. The van der Waals surface area contributed by atoms with Crippen LogP contribution < -0.4 is 15.0 Å². The number of aromatic nitrogens is 3. The zero-order chi connectivity index (χ0) is 28.7. The molecule has 9 nitrogen and oxygen atoms in total. The van der Waals surface area contributed by atoms with Crippen molar-refractivity contribution in [3.05, 3.63) is 78.1 Å². The van der Waals surface area contributed by atoms with E-state index in [1.807, 2.05) is 60.8 Å². The fourth-order valence-electron chi connectivity index (χ4n) is 5.82. The van der Waals surface area contributed by atoms with Gasteiger partial charge in [-0.2, -0.15) is 0 Å². The average Bonchev–Trinajstić information content (AvgIpc) is 3.05. The van der Waals surface area contributed by atoms with Crippen molar-refractivity contribution in [2.45, 2.75) is 19.3 Å². The van der Waals surface area contributed by atoms with Gasteiger partial charge in [0.25, 0.3) is 5.91 Å². The van der Waals surface area contributed by atoms with Gasteiger partial charge in [0.05, 0.1) is 31.4 Å². The first-order valence-corrected chi connectivity index (χ1v) is 14.8. The Morgan fingerprint density at radius 3 is 2.64 bits per heavy atom. The highest BCUT2D eigenvalue weighted by Gasteiger charge is 2.26. The molecule has 0 bridgehead atoms. The molecule has 0 unspecified atom stereocenters. The molecule has 4 aromatic rings. The zero-order valence-corrected chi connectivity index (χ0v) is 24.2. The minimum Gasteiger partial charge on any atom is -0.497 e. The number of ether oxygens (including phenoxy) is 2. The van der Waals surface area contributed by atoms with Gasteiger partial charge in [0, 0.05) is 62.8 Å². The standard InChI is InChI=1S/C33H38N6O3/c1-41-28-6-2-5-26(20-28)31-32(39-14-10-25(11-15-39)23-38-16-18-42-19-17-38)37-29-8-7-27(21-30(29)36-31)33(40)35-13-9-24-4-3-12-34-22-24/h2-8,12,20-22,25H,9-11,13-19,23H2,1H3,(H,35,40). The molecule has 0 radical (unpaired) electrons. The van der Waals surface area contributed by atoms with Crippen LogP contribution in [0.5, 0.6) is 5.75 Å². The van der Waals surface area contributed by atoms with Crippen molar-refractivity contribution >= 4 is 22.8 Å². The molecular weight excluding hydrogens is 528 g/mol. The Kier molecular flexibility index (Phi) is 8.86. The van der Waals surface area contributed by atoms with Crippen LogP contribution >= 0.6 is 0 Å². The molecule has 2 aliphatic heterocycles. The molecule has 2 aromatic heterocycles. The second kappa shape index (κ2) is 13.3. The van der Waals surface area contributed by atoms with Gasteiger partial charge in [-0.3, -0.25) is 14.7 Å². The lowest BCUT2D eigenvalue weighted by Crippen LogP contribution is -2.43. The van der Waals surface area contributed by atoms with Gasteiger partial charge in [-0.05, 0) is 67.1 Å². The van der Waals surface area contributed by atoms with Gasteiger partial charge in [-0.15, -0.1) is 0 Å². The van der Waals surface area contributed by atoms with Crippen molar-refractivity contribution in [2.24, 2.45) is 5.92 Å². The number of amides is 1. The predicted octanol–water partition coefficient (Wildman–Crippen LogP) is 4.22. The Bertz CT molecular complexity index is 1500. The number of anilines is 1. The summed E-state index contributed by atoms with van der Waals surface area (Å²) in [4.78, 5) is 32.3. The fourth-order valence-corrected chi connectivity index (χ4v) is 5.82. The molecule has 2 saturated heterocycles. The number of piperidine rings is 1. The molecule has 6 rings (SSSR count). The van der Waals surface area contributed by atoms with Crippen molar-refractivity contribution in [2.75, 3.05) is 64.5 Å². The van der Waals surface area contributed by atoms with Crippen LogP contribution in [0.2, 0.25) is 0 Å². The van der Waals surface area contributed by atoms with Crippen molar-refractivity contribution < 1.29 is 14.3 Å². The third-order valence-electron chi connectivity index (χ3n) is 8.21. The molecule has 0 atom stereocenters. The summed E-state index contributed by atoms with van der Waals surface area (Å²) < 4.78 is 11.0. The molecular formula is C33H38N6O3. The van der Waals surface area contributed by atoms with E-state index in [4.69, 9.17) is 19.4 Å². The summed E-state index contributed by atoms with van der Waals surface area (Å²) in [6, 6.07) is 17.4. The lowest BCUT2D eigenvalue weighted by atomic mass is 9.95. The molecule has 218 valence electrons. The number of carbonyl (C=O) groups excluding carboxylic acids is 1. The van der Waals surface area contributed by atoms with E-state index >= 15 is 0 Å². The zero-order valence-electron chi connectivity index (χ0n) is 24.2. The molecule has 2 fully saturated rings. The quantitative estimate of drug-likeness (QED) is 0.322. The molecule has 2 aromatic carbocycles. The third-order valence-corrected chi connectivity index (χ3v) is 8.21. The smallest absolute Gasteiger partial charge is 0.251 e. The van der Waals surface area contributed by atoms with Crippen molar-refractivity contribution in [1.82, 2.24) is 25.2 Å². The van der Waals surface area contributed by atoms with Crippen molar-refractivity contribution in [3.8, 4) is 17.0 Å². The van der Waals surface area contributed by atoms with E-state index in [1.54, 1.807) is 13.3 Å². The molecule has 1 amide bonds. The largest absolute Gasteiger partial charge is 0.497 e. The number of fused-ring (bicyclic) bond motifs is 1. The van der Waals surface area contributed by atoms with Gasteiger partial charge in [-0.1, -0.05) is 18.2 Å². The summed E-state index contributed by atoms with van der Waals surface area (Å²) in [5.41, 5.74) is 4.87. The number of carbonyl (C=O) groups is 1. The van der Waals surface area contributed by atoms with Gasteiger partial charge in [0.2, 0.25) is 0 Å². The molecule has 9 heteroatoms. The van der Waals surface area contributed by atoms with Crippen LogP contribution in [0.3, 0.4) is 0 Å². The Labute approximate surface area is 246 Å². The van der Waals surface area contributed by atoms with Crippen molar-refractivity contribution in [1.29, 1.82) is 0 Å². The van der Waals surface area contributed by atoms with Crippen LogP contribution in [0.15, 0.2) is 67.0 Å². The second-order valence-corrected chi connectivity index (χ2v) is 11.0. The number of nitrogens with one attached hydrogen (secondary N) is 1. The maximum atomic E-state index is 13.0. The van der Waals surface area contributed by atoms with Crippen LogP contribution in [0, 0.1) is 5.92 Å². The number of morpholine rings is 1. The Hall–Kier alpha value is -4.08. The van der Waals surface area contributed by atoms with E-state index in [-0.39, 0.29) is 5.91 Å². The average molecular weight is 567 g/mol. The lowest BCUT2D eigenvalue weighted by Gasteiger charge is -2.37. The van der Waals surface area contributed by atoms with Gasteiger partial charge < -0.3 is 19.7 Å². The molecule has 42 heavy (non-hydrogen) atoms. The number of benzene rings is 2. The molecule has 4 heterocycles. The summed E-state index contributed by atoms with van der Waals surface area (Å²) in [6.07, 6.45) is 6.53. The predicted molar refractivity (Wildman–Crippen MR) is 164 cm³/mol. The summed E-state index contributed by atoms with van der Waals surface area (Å²) in [7, 11) is 1.67. The number of hydrogen-bond acceptors (Lipinski definition) is 8. The van der Waals surface area contributed by atoms with Gasteiger partial charge in [0.15, 0.2) is 5.82 Å². The highest BCUT2D eigenvalue weighted by atomic mass is 16.5. The number of nitrogens with zero attached hydrogens (tertiary/aromatic N) is 5. The van der Waals surface area contributed by atoms with Crippen molar-refractivity contribution in [3.63, 3.8) is 0 Å². The van der Waals surface area contributed by atoms with Gasteiger partial charge >= 0.3 is 0 Å².